The molecule has 1 heterocycles. The summed E-state index contributed by atoms with van der Waals surface area (Å²) in [6.07, 6.45) is 1.24. The molecule has 30 heavy (non-hydrogen) atoms. The number of aryl methyl sites for hydroxylation is 3. The predicted molar refractivity (Wildman–Crippen MR) is 117 cm³/mol. The van der Waals surface area contributed by atoms with Crippen LogP contribution in [0.4, 0.5) is 5.69 Å². The first kappa shape index (κ1) is 22.2. The molecule has 160 valence electrons. The molecular weight excluding hydrogens is 400 g/mol. The quantitative estimate of drug-likeness (QED) is 0.733. The molecule has 1 atom stereocenters. The first-order chi connectivity index (χ1) is 14.1. The van der Waals surface area contributed by atoms with E-state index < -0.39 is 15.9 Å². The van der Waals surface area contributed by atoms with E-state index in [0.717, 1.165) is 16.7 Å². The number of rotatable bonds is 5. The zero-order chi connectivity index (χ0) is 22.1. The maximum absolute atomic E-state index is 13.3. The van der Waals surface area contributed by atoms with E-state index in [9.17, 15) is 18.0 Å². The fourth-order valence-electron chi connectivity index (χ4n) is 4.14. The van der Waals surface area contributed by atoms with Crippen LogP contribution in [0.5, 0.6) is 0 Å². The Labute approximate surface area is 178 Å². The molecule has 1 aliphatic rings. The molecule has 6 nitrogen and oxygen atoms in total. The monoisotopic (exact) mass is 428 g/mol. The van der Waals surface area contributed by atoms with E-state index >= 15 is 0 Å². The second-order valence-corrected chi connectivity index (χ2v) is 9.93. The molecule has 0 aromatic heterocycles. The summed E-state index contributed by atoms with van der Waals surface area (Å²) in [5.41, 5.74) is 3.52. The van der Waals surface area contributed by atoms with Crippen molar-refractivity contribution >= 4 is 27.4 Å². The van der Waals surface area contributed by atoms with Gasteiger partial charge in [0.2, 0.25) is 15.9 Å². The highest BCUT2D eigenvalue weighted by atomic mass is 32.2. The van der Waals surface area contributed by atoms with Crippen LogP contribution >= 0.6 is 0 Å². The molecule has 1 N–H and O–H groups in total. The average Bonchev–Trinajstić information content (AvgIpc) is 2.67. The maximum Gasteiger partial charge on any atom is 0.243 e. The molecule has 2 aromatic carbocycles. The van der Waals surface area contributed by atoms with Gasteiger partial charge in [0.1, 0.15) is 0 Å². The lowest BCUT2D eigenvalue weighted by molar-refractivity contribution is -0.120. The van der Waals surface area contributed by atoms with Crippen LogP contribution < -0.4 is 5.32 Å². The van der Waals surface area contributed by atoms with Crippen molar-refractivity contribution in [1.82, 2.24) is 4.31 Å². The lowest BCUT2D eigenvalue weighted by Crippen LogP contribution is -2.44. The van der Waals surface area contributed by atoms with Crippen LogP contribution in [0.25, 0.3) is 0 Å². The Kier molecular flexibility index (Phi) is 6.43. The molecule has 0 unspecified atom stereocenters. The number of benzene rings is 2. The Morgan fingerprint density at radius 3 is 2.37 bits per heavy atom. The van der Waals surface area contributed by atoms with Gasteiger partial charge in [-0.3, -0.25) is 9.59 Å². The minimum absolute atomic E-state index is 0.0788. The number of hydrogen-bond acceptors (Lipinski definition) is 4. The van der Waals surface area contributed by atoms with E-state index in [1.165, 1.54) is 11.2 Å². The Morgan fingerprint density at radius 2 is 1.73 bits per heavy atom. The van der Waals surface area contributed by atoms with Gasteiger partial charge in [0.25, 0.3) is 0 Å². The van der Waals surface area contributed by atoms with Crippen LogP contribution in [0.2, 0.25) is 0 Å². The number of piperidine rings is 1. The lowest BCUT2D eigenvalue weighted by Gasteiger charge is -2.32. The van der Waals surface area contributed by atoms with Crippen molar-refractivity contribution in [3.05, 3.63) is 58.7 Å². The Bertz CT molecular complexity index is 1070. The van der Waals surface area contributed by atoms with Gasteiger partial charge in [0.05, 0.1) is 10.8 Å². The number of amides is 1. The topological polar surface area (TPSA) is 83.6 Å². The van der Waals surface area contributed by atoms with Crippen LogP contribution in [0.1, 0.15) is 46.8 Å². The number of Topliss-reactive ketones (excluding diaryl/α,β-unsaturated/α-hetero) is 1. The second kappa shape index (κ2) is 8.70. The van der Waals surface area contributed by atoms with Gasteiger partial charge in [-0.15, -0.1) is 0 Å². The molecule has 3 rings (SSSR count). The number of hydrogen-bond donors (Lipinski definition) is 1. The van der Waals surface area contributed by atoms with Crippen molar-refractivity contribution < 1.29 is 18.0 Å². The summed E-state index contributed by atoms with van der Waals surface area (Å²) in [5.74, 6) is -0.751. The standard InChI is InChI=1S/C23H28N2O4S/c1-15-11-16(2)22(17(3)12-15)30(28,29)25-10-6-8-20(14-25)23(27)24-21-9-5-7-19(13-21)18(4)26/h5,7,9,11-13,20H,6,8,10,14H2,1-4H3,(H,24,27)/t20-/m0/s1. The number of nitrogens with zero attached hydrogens (tertiary/aromatic N) is 1. The van der Waals surface area contributed by atoms with Crippen LogP contribution in [0.3, 0.4) is 0 Å². The molecule has 1 amide bonds. The van der Waals surface area contributed by atoms with E-state index in [1.807, 2.05) is 32.9 Å². The normalized spacial score (nSPS) is 17.5. The van der Waals surface area contributed by atoms with E-state index in [4.69, 9.17) is 0 Å². The maximum atomic E-state index is 13.3. The van der Waals surface area contributed by atoms with E-state index in [1.54, 1.807) is 24.3 Å². The SMILES string of the molecule is CC(=O)c1cccc(NC(=O)[C@H]2CCCN(S(=O)(=O)c3c(C)cc(C)cc3C)C2)c1. The van der Waals surface area contributed by atoms with E-state index in [-0.39, 0.29) is 18.2 Å². The molecule has 1 aliphatic heterocycles. The zero-order valence-electron chi connectivity index (χ0n) is 17.9. The third-order valence-corrected chi connectivity index (χ3v) is 7.67. The zero-order valence-corrected chi connectivity index (χ0v) is 18.7. The number of sulfonamides is 1. The third kappa shape index (κ3) is 4.63. The fraction of sp³-hybridized carbons (Fsp3) is 0.391. The Morgan fingerprint density at radius 1 is 1.07 bits per heavy atom. The average molecular weight is 429 g/mol. The van der Waals surface area contributed by atoms with Crippen molar-refractivity contribution in [3.63, 3.8) is 0 Å². The van der Waals surface area contributed by atoms with Crippen LogP contribution in [0.15, 0.2) is 41.3 Å². The molecule has 1 fully saturated rings. The number of nitrogens with one attached hydrogen (secondary N) is 1. The van der Waals surface area contributed by atoms with Gasteiger partial charge in [-0.05, 0) is 63.8 Å². The first-order valence-electron chi connectivity index (χ1n) is 10.1. The first-order valence-corrected chi connectivity index (χ1v) is 11.5. The van der Waals surface area contributed by atoms with Gasteiger partial charge < -0.3 is 5.32 Å². The predicted octanol–water partition coefficient (Wildman–Crippen LogP) is 3.85. The number of carbonyl (C=O) groups is 2. The van der Waals surface area contributed by atoms with Gasteiger partial charge >= 0.3 is 0 Å². The van der Waals surface area contributed by atoms with E-state index in [2.05, 4.69) is 5.32 Å². The second-order valence-electron chi connectivity index (χ2n) is 8.06. The summed E-state index contributed by atoms with van der Waals surface area (Å²) >= 11 is 0. The summed E-state index contributed by atoms with van der Waals surface area (Å²) in [4.78, 5) is 24.7. The molecule has 0 saturated carbocycles. The number of ketones is 1. The lowest BCUT2D eigenvalue weighted by atomic mass is 9.98. The van der Waals surface area contributed by atoms with Gasteiger partial charge in [0.15, 0.2) is 5.78 Å². The molecular formula is C23H28N2O4S. The summed E-state index contributed by atoms with van der Waals surface area (Å²) in [7, 11) is -3.69. The van der Waals surface area contributed by atoms with Crippen molar-refractivity contribution in [1.29, 1.82) is 0 Å². The van der Waals surface area contributed by atoms with Crippen LogP contribution in [-0.2, 0) is 14.8 Å². The Hall–Kier alpha value is -2.51. The van der Waals surface area contributed by atoms with Gasteiger partial charge in [-0.25, -0.2) is 8.42 Å². The Balaban J connectivity index is 1.79. The van der Waals surface area contributed by atoms with Crippen molar-refractivity contribution in [3.8, 4) is 0 Å². The minimum atomic E-state index is -3.69. The summed E-state index contributed by atoms with van der Waals surface area (Å²) in [6, 6.07) is 10.5. The van der Waals surface area contributed by atoms with Crippen LogP contribution in [0, 0.1) is 26.7 Å². The van der Waals surface area contributed by atoms with E-state index in [0.29, 0.717) is 35.5 Å². The minimum Gasteiger partial charge on any atom is -0.326 e. The molecule has 0 radical (unpaired) electrons. The van der Waals surface area contributed by atoms with Gasteiger partial charge in [-0.2, -0.15) is 4.31 Å². The smallest absolute Gasteiger partial charge is 0.243 e. The number of anilines is 1. The molecule has 2 aromatic rings. The van der Waals surface area contributed by atoms with Crippen molar-refractivity contribution in [2.24, 2.45) is 5.92 Å². The summed E-state index contributed by atoms with van der Waals surface area (Å²) < 4.78 is 28.1. The number of carbonyl (C=O) groups excluding carboxylic acids is 2. The molecule has 1 saturated heterocycles. The van der Waals surface area contributed by atoms with Gasteiger partial charge in [-0.1, -0.05) is 29.8 Å². The summed E-state index contributed by atoms with van der Waals surface area (Å²) in [5, 5.41) is 2.84. The fourth-order valence-corrected chi connectivity index (χ4v) is 6.07. The molecule has 7 heteroatoms. The highest BCUT2D eigenvalue weighted by Gasteiger charge is 2.34. The highest BCUT2D eigenvalue weighted by molar-refractivity contribution is 7.89. The molecule has 0 aliphatic carbocycles. The highest BCUT2D eigenvalue weighted by Crippen LogP contribution is 2.29. The van der Waals surface area contributed by atoms with Gasteiger partial charge in [0, 0.05) is 24.3 Å². The van der Waals surface area contributed by atoms with Crippen LogP contribution in [-0.4, -0.2) is 37.5 Å². The molecule has 0 spiro atoms. The van der Waals surface area contributed by atoms with Crippen molar-refractivity contribution in [2.75, 3.05) is 18.4 Å². The third-order valence-electron chi connectivity index (χ3n) is 5.49. The largest absolute Gasteiger partial charge is 0.326 e. The summed E-state index contributed by atoms with van der Waals surface area (Å²) in [6.45, 7) is 7.58. The van der Waals surface area contributed by atoms with Crippen molar-refractivity contribution in [2.45, 2.75) is 45.4 Å². The molecule has 0 bridgehead atoms.